The van der Waals surface area contributed by atoms with Crippen LogP contribution in [0, 0.1) is 0 Å². The number of methoxy groups -OCH3 is 1. The van der Waals surface area contributed by atoms with E-state index in [2.05, 4.69) is 0 Å². The highest BCUT2D eigenvalue weighted by Crippen LogP contribution is 2.21. The SMILES string of the molecule is COCCC(N)C(=O)N1CC(CO)OC(C)(C)C1. The highest BCUT2D eigenvalue weighted by molar-refractivity contribution is 5.81. The number of nitrogens with zero attached hydrogens (tertiary/aromatic N) is 1. The zero-order valence-corrected chi connectivity index (χ0v) is 11.4. The number of hydrogen-bond donors (Lipinski definition) is 2. The molecule has 18 heavy (non-hydrogen) atoms. The molecule has 0 aromatic rings. The van der Waals surface area contributed by atoms with Crippen LogP contribution < -0.4 is 5.73 Å². The van der Waals surface area contributed by atoms with E-state index in [1.54, 1.807) is 12.0 Å². The van der Waals surface area contributed by atoms with Gasteiger partial charge < -0.3 is 25.2 Å². The Labute approximate surface area is 108 Å². The first-order chi connectivity index (χ1) is 8.39. The van der Waals surface area contributed by atoms with Gasteiger partial charge in [0.1, 0.15) is 0 Å². The molecule has 2 unspecified atom stereocenters. The Morgan fingerprint density at radius 1 is 1.67 bits per heavy atom. The van der Waals surface area contributed by atoms with Crippen LogP contribution in [0.2, 0.25) is 0 Å². The molecule has 6 nitrogen and oxygen atoms in total. The predicted molar refractivity (Wildman–Crippen MR) is 67.1 cm³/mol. The number of rotatable bonds is 5. The number of aliphatic hydroxyl groups is 1. The van der Waals surface area contributed by atoms with E-state index < -0.39 is 11.6 Å². The second kappa shape index (κ2) is 6.47. The van der Waals surface area contributed by atoms with Gasteiger partial charge in [-0.2, -0.15) is 0 Å². The quantitative estimate of drug-likeness (QED) is 0.686. The van der Waals surface area contributed by atoms with Gasteiger partial charge >= 0.3 is 0 Å². The lowest BCUT2D eigenvalue weighted by Crippen LogP contribution is -2.58. The highest BCUT2D eigenvalue weighted by atomic mass is 16.5. The molecule has 3 N–H and O–H groups in total. The van der Waals surface area contributed by atoms with Gasteiger partial charge in [-0.25, -0.2) is 0 Å². The van der Waals surface area contributed by atoms with E-state index in [0.29, 0.717) is 26.1 Å². The summed E-state index contributed by atoms with van der Waals surface area (Å²) in [6.45, 7) is 5.04. The van der Waals surface area contributed by atoms with E-state index in [1.165, 1.54) is 0 Å². The molecule has 0 aromatic heterocycles. The lowest BCUT2D eigenvalue weighted by Gasteiger charge is -2.43. The normalized spacial score (nSPS) is 24.9. The van der Waals surface area contributed by atoms with Gasteiger partial charge in [0.2, 0.25) is 5.91 Å². The molecule has 2 atom stereocenters. The zero-order valence-electron chi connectivity index (χ0n) is 11.4. The van der Waals surface area contributed by atoms with Crippen molar-refractivity contribution in [2.24, 2.45) is 5.73 Å². The van der Waals surface area contributed by atoms with Crippen LogP contribution in [-0.2, 0) is 14.3 Å². The molecule has 0 spiro atoms. The van der Waals surface area contributed by atoms with E-state index in [4.69, 9.17) is 15.2 Å². The van der Waals surface area contributed by atoms with Crippen LogP contribution in [0.15, 0.2) is 0 Å². The first-order valence-corrected chi connectivity index (χ1v) is 6.21. The van der Waals surface area contributed by atoms with Crippen LogP contribution in [0.25, 0.3) is 0 Å². The summed E-state index contributed by atoms with van der Waals surface area (Å²) in [5, 5.41) is 9.19. The van der Waals surface area contributed by atoms with Gasteiger partial charge in [-0.15, -0.1) is 0 Å². The summed E-state index contributed by atoms with van der Waals surface area (Å²) in [6.07, 6.45) is 0.156. The molecule has 1 rings (SSSR count). The molecule has 0 bridgehead atoms. The summed E-state index contributed by atoms with van der Waals surface area (Å²) >= 11 is 0. The minimum Gasteiger partial charge on any atom is -0.394 e. The van der Waals surface area contributed by atoms with Crippen molar-refractivity contribution >= 4 is 5.91 Å². The Morgan fingerprint density at radius 3 is 2.89 bits per heavy atom. The fraction of sp³-hybridized carbons (Fsp3) is 0.917. The van der Waals surface area contributed by atoms with E-state index in [1.807, 2.05) is 13.8 Å². The van der Waals surface area contributed by atoms with Gasteiger partial charge in [-0.05, 0) is 20.3 Å². The first-order valence-electron chi connectivity index (χ1n) is 6.21. The third-order valence-electron chi connectivity index (χ3n) is 2.95. The molecule has 0 saturated carbocycles. The average Bonchev–Trinajstić information content (AvgIpc) is 2.32. The summed E-state index contributed by atoms with van der Waals surface area (Å²) < 4.78 is 10.6. The van der Waals surface area contributed by atoms with Gasteiger partial charge in [0.15, 0.2) is 0 Å². The molecular formula is C12H24N2O4. The number of amides is 1. The monoisotopic (exact) mass is 260 g/mol. The summed E-state index contributed by atoms with van der Waals surface area (Å²) in [7, 11) is 1.58. The Balaban J connectivity index is 2.61. The van der Waals surface area contributed by atoms with Crippen LogP contribution in [0.5, 0.6) is 0 Å². The Hall–Kier alpha value is -0.690. The summed E-state index contributed by atoms with van der Waals surface area (Å²) in [5.74, 6) is -0.109. The lowest BCUT2D eigenvalue weighted by atomic mass is 10.0. The second-order valence-corrected chi connectivity index (χ2v) is 5.29. The Morgan fingerprint density at radius 2 is 2.33 bits per heavy atom. The summed E-state index contributed by atoms with van der Waals surface area (Å²) in [4.78, 5) is 13.8. The van der Waals surface area contributed by atoms with Crippen molar-refractivity contribution in [2.45, 2.75) is 38.0 Å². The Kier molecular flexibility index (Phi) is 5.52. The topological polar surface area (TPSA) is 85.0 Å². The number of hydrogen-bond acceptors (Lipinski definition) is 5. The van der Waals surface area contributed by atoms with Crippen LogP contribution >= 0.6 is 0 Å². The highest BCUT2D eigenvalue weighted by Gasteiger charge is 2.36. The molecule has 6 heteroatoms. The van der Waals surface area contributed by atoms with Crippen molar-refractivity contribution in [3.63, 3.8) is 0 Å². The van der Waals surface area contributed by atoms with Gasteiger partial charge in [0.05, 0.1) is 24.4 Å². The molecule has 0 radical (unpaired) electrons. The summed E-state index contributed by atoms with van der Waals surface area (Å²) in [6, 6.07) is -0.557. The minimum absolute atomic E-state index is 0.0967. The predicted octanol–water partition coefficient (Wildman–Crippen LogP) is -0.651. The van der Waals surface area contributed by atoms with E-state index in [-0.39, 0.29) is 18.6 Å². The van der Waals surface area contributed by atoms with E-state index in [9.17, 15) is 9.90 Å². The molecule has 1 saturated heterocycles. The third-order valence-corrected chi connectivity index (χ3v) is 2.95. The van der Waals surface area contributed by atoms with Crippen molar-refractivity contribution in [1.82, 2.24) is 4.90 Å². The Bertz CT molecular complexity index is 283. The van der Waals surface area contributed by atoms with Crippen molar-refractivity contribution in [1.29, 1.82) is 0 Å². The maximum absolute atomic E-state index is 12.2. The van der Waals surface area contributed by atoms with Crippen LogP contribution in [0.1, 0.15) is 20.3 Å². The smallest absolute Gasteiger partial charge is 0.239 e. The largest absolute Gasteiger partial charge is 0.394 e. The number of carbonyl (C=O) groups excluding carboxylic acids is 1. The minimum atomic E-state index is -0.557. The fourth-order valence-corrected chi connectivity index (χ4v) is 2.16. The van der Waals surface area contributed by atoms with Gasteiger partial charge in [0.25, 0.3) is 0 Å². The molecule has 0 aromatic carbocycles. The van der Waals surface area contributed by atoms with Gasteiger partial charge in [0, 0.05) is 26.8 Å². The zero-order chi connectivity index (χ0) is 13.8. The van der Waals surface area contributed by atoms with Gasteiger partial charge in [-0.1, -0.05) is 0 Å². The molecule has 0 aliphatic carbocycles. The third kappa shape index (κ3) is 4.20. The van der Waals surface area contributed by atoms with Crippen molar-refractivity contribution in [2.75, 3.05) is 33.4 Å². The second-order valence-electron chi connectivity index (χ2n) is 5.29. The number of morpholine rings is 1. The maximum Gasteiger partial charge on any atom is 0.239 e. The molecule has 1 heterocycles. The molecule has 1 fully saturated rings. The lowest BCUT2D eigenvalue weighted by molar-refractivity contribution is -0.168. The van der Waals surface area contributed by atoms with E-state index in [0.717, 1.165) is 0 Å². The number of carbonyl (C=O) groups is 1. The van der Waals surface area contributed by atoms with Crippen molar-refractivity contribution in [3.05, 3.63) is 0 Å². The summed E-state index contributed by atoms with van der Waals surface area (Å²) in [5.41, 5.74) is 5.38. The molecule has 1 amide bonds. The van der Waals surface area contributed by atoms with E-state index >= 15 is 0 Å². The standard InChI is InChI=1S/C12H24N2O4/c1-12(2)8-14(6-9(7-15)18-12)11(16)10(13)4-5-17-3/h9-10,15H,4-8,13H2,1-3H3. The number of nitrogens with two attached hydrogens (primary N) is 1. The first kappa shape index (κ1) is 15.4. The molecule has 1 aliphatic heterocycles. The van der Waals surface area contributed by atoms with Crippen molar-refractivity contribution < 1.29 is 19.4 Å². The molecule has 106 valence electrons. The number of aliphatic hydroxyl groups excluding tert-OH is 1. The molecular weight excluding hydrogens is 236 g/mol. The van der Waals surface area contributed by atoms with Crippen LogP contribution in [-0.4, -0.2) is 67.1 Å². The van der Waals surface area contributed by atoms with Crippen LogP contribution in [0.3, 0.4) is 0 Å². The number of ether oxygens (including phenoxy) is 2. The average molecular weight is 260 g/mol. The molecule has 1 aliphatic rings. The fourth-order valence-electron chi connectivity index (χ4n) is 2.16. The van der Waals surface area contributed by atoms with Crippen molar-refractivity contribution in [3.8, 4) is 0 Å². The maximum atomic E-state index is 12.2. The van der Waals surface area contributed by atoms with Crippen LogP contribution in [0.4, 0.5) is 0 Å². The van der Waals surface area contributed by atoms with Gasteiger partial charge in [-0.3, -0.25) is 4.79 Å².